The van der Waals surface area contributed by atoms with Gasteiger partial charge >= 0.3 is 0 Å². The third-order valence-corrected chi connectivity index (χ3v) is 3.82. The molecule has 2 amide bonds. The first-order chi connectivity index (χ1) is 10.6. The van der Waals surface area contributed by atoms with Crippen LogP contribution in [-0.4, -0.2) is 18.4 Å². The average molecular weight is 365 g/mol. The molecule has 0 heterocycles. The van der Waals surface area contributed by atoms with Crippen molar-refractivity contribution in [3.63, 3.8) is 0 Å². The molecule has 0 unspecified atom stereocenters. The Morgan fingerprint density at radius 3 is 2.59 bits per heavy atom. The summed E-state index contributed by atoms with van der Waals surface area (Å²) in [5.74, 6) is -0.0546. The molecular weight excluding hydrogens is 348 g/mol. The van der Waals surface area contributed by atoms with Crippen LogP contribution in [0.3, 0.4) is 0 Å². The topological polar surface area (TPSA) is 67.4 Å². The molecule has 0 saturated carbocycles. The number of benzene rings is 2. The third-order valence-electron chi connectivity index (χ3n) is 3.01. The average Bonchev–Trinajstić information content (AvgIpc) is 2.53. The Hall–Kier alpha value is -2.08. The predicted molar refractivity (Wildman–Crippen MR) is 88.3 cm³/mol. The van der Waals surface area contributed by atoms with Crippen LogP contribution in [0.5, 0.6) is 5.75 Å². The molecule has 2 rings (SSSR count). The van der Waals surface area contributed by atoms with Crippen molar-refractivity contribution in [1.82, 2.24) is 10.9 Å². The summed E-state index contributed by atoms with van der Waals surface area (Å²) in [6.45, 7) is 1.71. The molecule has 22 heavy (non-hydrogen) atoms. The van der Waals surface area contributed by atoms with Crippen LogP contribution < -0.4 is 15.6 Å². The number of hydrazine groups is 1. The number of carbonyl (C=O) groups excluding carboxylic acids is 2. The van der Waals surface area contributed by atoms with Gasteiger partial charge in [-0.15, -0.1) is 0 Å². The Morgan fingerprint density at radius 1 is 1.09 bits per heavy atom. The Morgan fingerprint density at radius 2 is 1.82 bits per heavy atom. The van der Waals surface area contributed by atoms with Crippen LogP contribution in [0.4, 0.5) is 0 Å². The number of fused-ring (bicyclic) bond motifs is 1. The molecule has 0 bridgehead atoms. The van der Waals surface area contributed by atoms with E-state index in [0.29, 0.717) is 12.2 Å². The van der Waals surface area contributed by atoms with Crippen molar-refractivity contribution in [1.29, 1.82) is 0 Å². The number of hydrogen-bond donors (Lipinski definition) is 2. The Kier molecular flexibility index (Phi) is 5.77. The Bertz CT molecular complexity index is 688. The first kappa shape index (κ1) is 16.3. The molecule has 116 valence electrons. The minimum absolute atomic E-state index is 0.177. The summed E-state index contributed by atoms with van der Waals surface area (Å²) in [5, 5.41) is 2.09. The number of carbonyl (C=O) groups is 2. The molecule has 0 aliphatic rings. The van der Waals surface area contributed by atoms with E-state index in [2.05, 4.69) is 26.8 Å². The quantitative estimate of drug-likeness (QED) is 0.801. The van der Waals surface area contributed by atoms with E-state index >= 15 is 0 Å². The van der Waals surface area contributed by atoms with Gasteiger partial charge in [0.05, 0.1) is 4.47 Å². The first-order valence-corrected chi connectivity index (χ1v) is 7.79. The maximum atomic E-state index is 11.6. The van der Waals surface area contributed by atoms with Gasteiger partial charge in [-0.3, -0.25) is 20.4 Å². The molecule has 0 aromatic heterocycles. The smallest absolute Gasteiger partial charge is 0.276 e. The van der Waals surface area contributed by atoms with Crippen LogP contribution in [0.15, 0.2) is 40.9 Å². The Labute approximate surface area is 137 Å². The molecule has 0 radical (unpaired) electrons. The number of hydrogen-bond acceptors (Lipinski definition) is 3. The summed E-state index contributed by atoms with van der Waals surface area (Å²) in [7, 11) is 0. The van der Waals surface area contributed by atoms with Gasteiger partial charge in [-0.2, -0.15) is 0 Å². The second-order valence-corrected chi connectivity index (χ2v) is 5.53. The molecule has 2 N–H and O–H groups in total. The lowest BCUT2D eigenvalue weighted by molar-refractivity contribution is -0.130. The van der Waals surface area contributed by atoms with Crippen LogP contribution >= 0.6 is 15.9 Å². The summed E-state index contributed by atoms with van der Waals surface area (Å²) in [6, 6.07) is 11.6. The minimum Gasteiger partial charge on any atom is -0.483 e. The van der Waals surface area contributed by atoms with Crippen molar-refractivity contribution in [3.05, 3.63) is 40.9 Å². The van der Waals surface area contributed by atoms with Gasteiger partial charge in [-0.25, -0.2) is 0 Å². The van der Waals surface area contributed by atoms with Gasteiger partial charge in [0.1, 0.15) is 5.75 Å². The lowest BCUT2D eigenvalue weighted by Crippen LogP contribution is -2.43. The van der Waals surface area contributed by atoms with E-state index in [1.54, 1.807) is 6.07 Å². The van der Waals surface area contributed by atoms with Gasteiger partial charge in [0.15, 0.2) is 6.61 Å². The highest BCUT2D eigenvalue weighted by Gasteiger charge is 2.09. The summed E-state index contributed by atoms with van der Waals surface area (Å²) in [5.41, 5.74) is 4.65. The van der Waals surface area contributed by atoms with Crippen LogP contribution in [0.2, 0.25) is 0 Å². The fourth-order valence-electron chi connectivity index (χ4n) is 1.93. The van der Waals surface area contributed by atoms with Gasteiger partial charge in [0.25, 0.3) is 5.91 Å². The van der Waals surface area contributed by atoms with E-state index < -0.39 is 5.91 Å². The minimum atomic E-state index is -0.412. The standard InChI is InChI=1S/C16H17BrN2O3/c1-2-5-14(20)18-19-15(21)10-22-13-9-8-11-6-3-4-7-12(11)16(13)17/h3-4,6-9H,2,5,10H2,1H3,(H,18,20)(H,19,21). The summed E-state index contributed by atoms with van der Waals surface area (Å²) in [4.78, 5) is 22.9. The summed E-state index contributed by atoms with van der Waals surface area (Å²) >= 11 is 3.49. The van der Waals surface area contributed by atoms with Crippen molar-refractivity contribution in [3.8, 4) is 5.75 Å². The van der Waals surface area contributed by atoms with Gasteiger partial charge in [-0.1, -0.05) is 37.3 Å². The first-order valence-electron chi connectivity index (χ1n) is 6.99. The van der Waals surface area contributed by atoms with Crippen molar-refractivity contribution >= 4 is 38.5 Å². The molecule has 0 aliphatic heterocycles. The van der Waals surface area contributed by atoms with Crippen LogP contribution in [-0.2, 0) is 9.59 Å². The van der Waals surface area contributed by atoms with E-state index in [-0.39, 0.29) is 12.5 Å². The van der Waals surface area contributed by atoms with Gasteiger partial charge in [0.2, 0.25) is 5.91 Å². The maximum absolute atomic E-state index is 11.6. The highest BCUT2D eigenvalue weighted by Crippen LogP contribution is 2.32. The van der Waals surface area contributed by atoms with E-state index in [9.17, 15) is 9.59 Å². The van der Waals surface area contributed by atoms with Gasteiger partial charge in [-0.05, 0) is 39.2 Å². The number of ether oxygens (including phenoxy) is 1. The molecular formula is C16H17BrN2O3. The van der Waals surface area contributed by atoms with E-state index in [1.165, 1.54) is 0 Å². The molecule has 0 fully saturated rings. The van der Waals surface area contributed by atoms with E-state index in [1.807, 2.05) is 37.3 Å². The molecule has 0 spiro atoms. The zero-order valence-electron chi connectivity index (χ0n) is 12.2. The molecule has 6 heteroatoms. The fourth-order valence-corrected chi connectivity index (χ4v) is 2.54. The highest BCUT2D eigenvalue weighted by atomic mass is 79.9. The van der Waals surface area contributed by atoms with Crippen LogP contribution in [0.1, 0.15) is 19.8 Å². The molecule has 0 saturated heterocycles. The fraction of sp³-hybridized carbons (Fsp3) is 0.250. The van der Waals surface area contributed by atoms with Crippen molar-refractivity contribution in [2.75, 3.05) is 6.61 Å². The van der Waals surface area contributed by atoms with Gasteiger partial charge in [0, 0.05) is 6.42 Å². The highest BCUT2D eigenvalue weighted by molar-refractivity contribution is 9.10. The number of nitrogens with one attached hydrogen (secondary N) is 2. The van der Waals surface area contributed by atoms with Gasteiger partial charge < -0.3 is 4.74 Å². The molecule has 5 nitrogen and oxygen atoms in total. The third kappa shape index (κ3) is 4.21. The van der Waals surface area contributed by atoms with E-state index in [0.717, 1.165) is 21.7 Å². The SMILES string of the molecule is CCCC(=O)NNC(=O)COc1ccc2ccccc2c1Br. The van der Waals surface area contributed by atoms with Crippen molar-refractivity contribution in [2.45, 2.75) is 19.8 Å². The lowest BCUT2D eigenvalue weighted by atomic mass is 10.1. The lowest BCUT2D eigenvalue weighted by Gasteiger charge is -2.11. The molecule has 0 atom stereocenters. The molecule has 2 aromatic carbocycles. The van der Waals surface area contributed by atoms with E-state index in [4.69, 9.17) is 4.74 Å². The zero-order valence-corrected chi connectivity index (χ0v) is 13.8. The van der Waals surface area contributed by atoms with Crippen molar-refractivity contribution < 1.29 is 14.3 Å². The summed E-state index contributed by atoms with van der Waals surface area (Å²) < 4.78 is 6.29. The molecule has 0 aliphatic carbocycles. The second-order valence-electron chi connectivity index (χ2n) is 4.73. The zero-order chi connectivity index (χ0) is 15.9. The second kappa shape index (κ2) is 7.79. The largest absolute Gasteiger partial charge is 0.483 e. The van der Waals surface area contributed by atoms with Crippen LogP contribution in [0.25, 0.3) is 10.8 Å². The molecule has 2 aromatic rings. The van der Waals surface area contributed by atoms with Crippen LogP contribution in [0, 0.1) is 0 Å². The predicted octanol–water partition coefficient (Wildman–Crippen LogP) is 2.93. The maximum Gasteiger partial charge on any atom is 0.276 e. The van der Waals surface area contributed by atoms with Crippen molar-refractivity contribution in [2.24, 2.45) is 0 Å². The summed E-state index contributed by atoms with van der Waals surface area (Å²) in [6.07, 6.45) is 1.10. The monoisotopic (exact) mass is 364 g/mol. The Balaban J connectivity index is 1.93. The number of halogens is 1. The number of amides is 2. The number of rotatable bonds is 5. The normalized spacial score (nSPS) is 10.3.